The van der Waals surface area contributed by atoms with Gasteiger partial charge in [0.2, 0.25) is 0 Å². The molecular weight excluding hydrogens is 200 g/mol. The van der Waals surface area contributed by atoms with E-state index >= 15 is 0 Å². The molecule has 0 aromatic heterocycles. The first-order valence-corrected chi connectivity index (χ1v) is 5.47. The highest BCUT2D eigenvalue weighted by molar-refractivity contribution is 6.04. The van der Waals surface area contributed by atoms with E-state index in [9.17, 15) is 4.79 Å². The average Bonchev–Trinajstić information content (AvgIpc) is 2.31. The molecule has 1 aromatic rings. The number of ether oxygens (including phenoxy) is 1. The van der Waals surface area contributed by atoms with E-state index in [0.717, 1.165) is 0 Å². The number of ketones is 1. The van der Waals surface area contributed by atoms with Crippen molar-refractivity contribution in [3.05, 3.63) is 47.7 Å². The van der Waals surface area contributed by atoms with Crippen molar-refractivity contribution in [3.8, 4) is 0 Å². The van der Waals surface area contributed by atoms with Crippen molar-refractivity contribution in [2.24, 2.45) is 0 Å². The van der Waals surface area contributed by atoms with Gasteiger partial charge in [-0.2, -0.15) is 0 Å². The minimum Gasteiger partial charge on any atom is -0.501 e. The Morgan fingerprint density at radius 2 is 1.75 bits per heavy atom. The zero-order valence-electron chi connectivity index (χ0n) is 10.5. The fraction of sp³-hybridized carbons (Fsp3) is 0.357. The summed E-state index contributed by atoms with van der Waals surface area (Å²) in [5.74, 6) is 0.591. The maximum atomic E-state index is 11.5. The van der Waals surface area contributed by atoms with Gasteiger partial charge in [-0.1, -0.05) is 50.6 Å². The first-order valence-electron chi connectivity index (χ1n) is 5.47. The average molecular weight is 220 g/mol. The van der Waals surface area contributed by atoms with E-state index in [1.807, 2.05) is 18.2 Å². The summed E-state index contributed by atoms with van der Waals surface area (Å²) in [5, 5.41) is 0. The molecule has 0 bridgehead atoms. The second-order valence-corrected chi connectivity index (χ2v) is 3.40. The maximum Gasteiger partial charge on any atom is 0.189 e. The van der Waals surface area contributed by atoms with Crippen molar-refractivity contribution < 1.29 is 9.53 Å². The lowest BCUT2D eigenvalue weighted by Crippen LogP contribution is -1.95. The van der Waals surface area contributed by atoms with Crippen LogP contribution in [-0.4, -0.2) is 12.9 Å². The van der Waals surface area contributed by atoms with Crippen molar-refractivity contribution in [2.75, 3.05) is 7.11 Å². The van der Waals surface area contributed by atoms with Gasteiger partial charge in [0.05, 0.1) is 12.9 Å². The standard InChI is InChI=1S/C11H12O2.C3H8/c1-9(13-2)8-11(12)10-6-4-3-5-7-10;1-3-2/h3-8H,1-2H3;3H2,1-2H3/b9-8-;. The van der Waals surface area contributed by atoms with E-state index < -0.39 is 0 Å². The number of allylic oxidation sites excluding steroid dienone is 2. The summed E-state index contributed by atoms with van der Waals surface area (Å²) in [6.07, 6.45) is 2.73. The molecule has 0 N–H and O–H groups in total. The zero-order valence-corrected chi connectivity index (χ0v) is 10.5. The van der Waals surface area contributed by atoms with Gasteiger partial charge >= 0.3 is 0 Å². The molecule has 0 saturated heterocycles. The van der Waals surface area contributed by atoms with E-state index in [2.05, 4.69) is 13.8 Å². The Labute approximate surface area is 97.9 Å². The van der Waals surface area contributed by atoms with Crippen LogP contribution in [-0.2, 0) is 4.74 Å². The molecule has 2 heteroatoms. The molecule has 0 atom stereocenters. The lowest BCUT2D eigenvalue weighted by molar-refractivity contribution is 0.104. The molecule has 1 rings (SSSR count). The summed E-state index contributed by atoms with van der Waals surface area (Å²) < 4.78 is 4.88. The summed E-state index contributed by atoms with van der Waals surface area (Å²) in [6.45, 7) is 6.00. The predicted molar refractivity (Wildman–Crippen MR) is 67.5 cm³/mol. The van der Waals surface area contributed by atoms with Crippen LogP contribution in [0.5, 0.6) is 0 Å². The quantitative estimate of drug-likeness (QED) is 0.439. The van der Waals surface area contributed by atoms with Crippen LogP contribution in [0.1, 0.15) is 37.6 Å². The van der Waals surface area contributed by atoms with Gasteiger partial charge < -0.3 is 4.74 Å². The molecule has 0 heterocycles. The first-order chi connectivity index (χ1) is 7.65. The normalized spacial score (nSPS) is 10.1. The van der Waals surface area contributed by atoms with Crippen molar-refractivity contribution in [3.63, 3.8) is 0 Å². The van der Waals surface area contributed by atoms with Crippen molar-refractivity contribution in [2.45, 2.75) is 27.2 Å². The van der Waals surface area contributed by atoms with Crippen LogP contribution in [0.4, 0.5) is 0 Å². The molecule has 0 spiro atoms. The van der Waals surface area contributed by atoms with Gasteiger partial charge in [-0.15, -0.1) is 0 Å². The summed E-state index contributed by atoms with van der Waals surface area (Å²) >= 11 is 0. The summed E-state index contributed by atoms with van der Waals surface area (Å²) in [4.78, 5) is 11.5. The molecule has 88 valence electrons. The predicted octanol–water partition coefficient (Wildman–Crippen LogP) is 3.84. The summed E-state index contributed by atoms with van der Waals surface area (Å²) in [5.41, 5.74) is 0.680. The van der Waals surface area contributed by atoms with Crippen molar-refractivity contribution >= 4 is 5.78 Å². The van der Waals surface area contributed by atoms with Crippen LogP contribution in [0, 0.1) is 0 Å². The van der Waals surface area contributed by atoms with Crippen LogP contribution in [0.2, 0.25) is 0 Å². The topological polar surface area (TPSA) is 26.3 Å². The summed E-state index contributed by atoms with van der Waals surface area (Å²) in [6, 6.07) is 9.11. The Balaban J connectivity index is 0.000000673. The number of methoxy groups -OCH3 is 1. The van der Waals surface area contributed by atoms with E-state index in [0.29, 0.717) is 11.3 Å². The SMILES string of the molecule is CCC.CO/C(C)=C\C(=O)c1ccccc1. The molecular formula is C14H20O2. The van der Waals surface area contributed by atoms with Gasteiger partial charge in [-0.25, -0.2) is 0 Å². The molecule has 0 saturated carbocycles. The number of carbonyl (C=O) groups is 1. The fourth-order valence-electron chi connectivity index (χ4n) is 0.929. The highest BCUT2D eigenvalue weighted by Gasteiger charge is 2.00. The van der Waals surface area contributed by atoms with Crippen LogP contribution < -0.4 is 0 Å². The smallest absolute Gasteiger partial charge is 0.189 e. The number of hydrogen-bond acceptors (Lipinski definition) is 2. The molecule has 0 aliphatic heterocycles. The lowest BCUT2D eigenvalue weighted by atomic mass is 10.1. The third-order valence-electron chi connectivity index (χ3n) is 1.71. The molecule has 0 amide bonds. The van der Waals surface area contributed by atoms with E-state index in [-0.39, 0.29) is 5.78 Å². The fourth-order valence-corrected chi connectivity index (χ4v) is 0.929. The highest BCUT2D eigenvalue weighted by Crippen LogP contribution is 2.03. The molecule has 16 heavy (non-hydrogen) atoms. The summed E-state index contributed by atoms with van der Waals surface area (Å²) in [7, 11) is 1.55. The third kappa shape index (κ3) is 6.02. The molecule has 0 radical (unpaired) electrons. The minimum atomic E-state index is -0.0278. The van der Waals surface area contributed by atoms with Crippen molar-refractivity contribution in [1.82, 2.24) is 0 Å². The maximum absolute atomic E-state index is 11.5. The number of carbonyl (C=O) groups excluding carboxylic acids is 1. The Morgan fingerprint density at radius 3 is 2.19 bits per heavy atom. The zero-order chi connectivity index (χ0) is 12.4. The van der Waals surface area contributed by atoms with Crippen LogP contribution in [0.25, 0.3) is 0 Å². The number of hydrogen-bond donors (Lipinski definition) is 0. The first kappa shape index (κ1) is 14.4. The molecule has 2 nitrogen and oxygen atoms in total. The second-order valence-electron chi connectivity index (χ2n) is 3.40. The monoisotopic (exact) mass is 220 g/mol. The number of rotatable bonds is 3. The third-order valence-corrected chi connectivity index (χ3v) is 1.71. The second kappa shape index (κ2) is 8.72. The molecule has 0 fully saturated rings. The molecule has 0 aliphatic rings. The van der Waals surface area contributed by atoms with E-state index in [1.165, 1.54) is 12.5 Å². The van der Waals surface area contributed by atoms with Gasteiger partial charge in [0.15, 0.2) is 5.78 Å². The Bertz CT molecular complexity index is 326. The van der Waals surface area contributed by atoms with Gasteiger partial charge in [-0.05, 0) is 6.92 Å². The molecule has 1 aromatic carbocycles. The minimum absolute atomic E-state index is 0.0278. The Kier molecular flexibility index (Phi) is 7.86. The van der Waals surface area contributed by atoms with Crippen LogP contribution in [0.15, 0.2) is 42.2 Å². The Hall–Kier alpha value is -1.57. The van der Waals surface area contributed by atoms with Gasteiger partial charge in [0.1, 0.15) is 0 Å². The van der Waals surface area contributed by atoms with E-state index in [4.69, 9.17) is 4.74 Å². The van der Waals surface area contributed by atoms with Crippen LogP contribution >= 0.6 is 0 Å². The Morgan fingerprint density at radius 1 is 1.25 bits per heavy atom. The van der Waals surface area contributed by atoms with Gasteiger partial charge in [-0.3, -0.25) is 4.79 Å². The van der Waals surface area contributed by atoms with Crippen LogP contribution in [0.3, 0.4) is 0 Å². The van der Waals surface area contributed by atoms with Gasteiger partial charge in [0, 0.05) is 11.6 Å². The lowest BCUT2D eigenvalue weighted by Gasteiger charge is -1.98. The van der Waals surface area contributed by atoms with Gasteiger partial charge in [0.25, 0.3) is 0 Å². The molecule has 0 unspecified atom stereocenters. The largest absolute Gasteiger partial charge is 0.501 e. The number of benzene rings is 1. The van der Waals surface area contributed by atoms with Crippen molar-refractivity contribution in [1.29, 1.82) is 0 Å². The van der Waals surface area contributed by atoms with E-state index in [1.54, 1.807) is 26.2 Å². The molecule has 0 aliphatic carbocycles. The highest BCUT2D eigenvalue weighted by atomic mass is 16.5.